The van der Waals surface area contributed by atoms with Gasteiger partial charge in [-0.2, -0.15) is 0 Å². The molecule has 2 heterocycles. The van der Waals surface area contributed by atoms with E-state index in [-0.39, 0.29) is 11.9 Å². The molecule has 0 spiro atoms. The van der Waals surface area contributed by atoms with Gasteiger partial charge >= 0.3 is 0 Å². The first kappa shape index (κ1) is 20.1. The summed E-state index contributed by atoms with van der Waals surface area (Å²) in [5.74, 6) is -0.305. The molecule has 0 unspecified atom stereocenters. The molecule has 1 aliphatic heterocycles. The predicted octanol–water partition coefficient (Wildman–Crippen LogP) is 4.58. The van der Waals surface area contributed by atoms with Crippen LogP contribution in [0.5, 0.6) is 0 Å². The van der Waals surface area contributed by atoms with Crippen LogP contribution in [-0.2, 0) is 0 Å². The van der Waals surface area contributed by atoms with Crippen LogP contribution < -0.4 is 16.4 Å². The van der Waals surface area contributed by atoms with Crippen molar-refractivity contribution in [3.63, 3.8) is 0 Å². The van der Waals surface area contributed by atoms with Gasteiger partial charge in [-0.15, -0.1) is 0 Å². The summed E-state index contributed by atoms with van der Waals surface area (Å²) in [7, 11) is 0. The Morgan fingerprint density at radius 1 is 1.10 bits per heavy atom. The van der Waals surface area contributed by atoms with Crippen LogP contribution in [0.2, 0.25) is 0 Å². The first-order valence-electron chi connectivity index (χ1n) is 10.3. The number of halogens is 1. The third-order valence-electron chi connectivity index (χ3n) is 5.60. The van der Waals surface area contributed by atoms with Crippen molar-refractivity contribution < 1.29 is 4.39 Å². The van der Waals surface area contributed by atoms with Crippen LogP contribution in [0.1, 0.15) is 29.5 Å². The molecule has 0 atom stereocenters. The Bertz CT molecular complexity index is 1070. The number of anilines is 1. The summed E-state index contributed by atoms with van der Waals surface area (Å²) in [6.45, 7) is 3.84. The number of nitrogens with two attached hydrogens (primary N) is 2. The van der Waals surface area contributed by atoms with Crippen LogP contribution in [-0.4, -0.2) is 24.1 Å². The van der Waals surface area contributed by atoms with E-state index in [1.807, 2.05) is 24.5 Å². The Labute approximate surface area is 177 Å². The molecular formula is C25H27FN4. The van der Waals surface area contributed by atoms with Crippen molar-refractivity contribution in [2.75, 3.05) is 18.0 Å². The van der Waals surface area contributed by atoms with E-state index >= 15 is 0 Å². The highest BCUT2D eigenvalue weighted by molar-refractivity contribution is 5.90. The summed E-state index contributed by atoms with van der Waals surface area (Å²) < 4.78 is 13.7. The van der Waals surface area contributed by atoms with Crippen LogP contribution in [0.4, 0.5) is 10.1 Å². The van der Waals surface area contributed by atoms with Crippen LogP contribution in [0.3, 0.4) is 0 Å². The molecule has 4 nitrogen and oxygen atoms in total. The van der Waals surface area contributed by atoms with E-state index in [2.05, 4.69) is 41.1 Å². The Balaban J connectivity index is 1.83. The molecule has 1 aromatic heterocycles. The average molecular weight is 403 g/mol. The van der Waals surface area contributed by atoms with Crippen LogP contribution >= 0.6 is 0 Å². The van der Waals surface area contributed by atoms with Gasteiger partial charge in [0.2, 0.25) is 0 Å². The maximum atomic E-state index is 13.7. The maximum absolute atomic E-state index is 13.7. The minimum Gasteiger partial charge on any atom is -0.398 e. The topological polar surface area (TPSA) is 68.2 Å². The second-order valence-corrected chi connectivity index (χ2v) is 7.93. The molecule has 30 heavy (non-hydrogen) atoms. The van der Waals surface area contributed by atoms with Crippen molar-refractivity contribution in [1.82, 2.24) is 4.98 Å². The molecule has 5 heteroatoms. The number of benzene rings is 2. The van der Waals surface area contributed by atoms with Crippen molar-refractivity contribution in [3.05, 3.63) is 83.4 Å². The summed E-state index contributed by atoms with van der Waals surface area (Å²) in [4.78, 5) is 6.87. The van der Waals surface area contributed by atoms with Gasteiger partial charge in [-0.3, -0.25) is 4.98 Å². The molecule has 0 radical (unpaired) electrons. The first-order chi connectivity index (χ1) is 14.5. The Kier molecular flexibility index (Phi) is 5.81. The van der Waals surface area contributed by atoms with E-state index in [0.717, 1.165) is 48.3 Å². The van der Waals surface area contributed by atoms with Crippen LogP contribution in [0.15, 0.2) is 60.9 Å². The Hall–Kier alpha value is -3.18. The second-order valence-electron chi connectivity index (χ2n) is 7.93. The van der Waals surface area contributed by atoms with Crippen molar-refractivity contribution in [3.8, 4) is 11.1 Å². The monoisotopic (exact) mass is 402 g/mol. The van der Waals surface area contributed by atoms with Crippen molar-refractivity contribution in [2.45, 2.75) is 25.8 Å². The number of nitrogens with zero attached hydrogens (tertiary/aromatic N) is 2. The summed E-state index contributed by atoms with van der Waals surface area (Å²) in [5, 5.41) is 0. The summed E-state index contributed by atoms with van der Waals surface area (Å²) >= 11 is 0. The molecule has 0 amide bonds. The molecule has 1 aliphatic rings. The number of piperidine rings is 1. The largest absolute Gasteiger partial charge is 0.398 e. The molecule has 0 bridgehead atoms. The molecule has 2 aromatic carbocycles. The number of aryl methyl sites for hydroxylation is 1. The Morgan fingerprint density at radius 3 is 2.60 bits per heavy atom. The summed E-state index contributed by atoms with van der Waals surface area (Å²) in [5.41, 5.74) is 19.1. The van der Waals surface area contributed by atoms with Crippen molar-refractivity contribution >= 4 is 17.5 Å². The second kappa shape index (κ2) is 8.67. The molecule has 4 rings (SSSR count). The number of hydrogen-bond acceptors (Lipinski definition) is 4. The lowest BCUT2D eigenvalue weighted by Crippen LogP contribution is -2.40. The maximum Gasteiger partial charge on any atom is 0.123 e. The Morgan fingerprint density at radius 2 is 1.87 bits per heavy atom. The van der Waals surface area contributed by atoms with Crippen LogP contribution in [0.25, 0.3) is 22.9 Å². The lowest BCUT2D eigenvalue weighted by atomic mass is 9.97. The third kappa shape index (κ3) is 4.36. The van der Waals surface area contributed by atoms with Gasteiger partial charge in [0.05, 0.1) is 5.69 Å². The minimum absolute atomic E-state index is 0.238. The normalized spacial score (nSPS) is 15.4. The standard InChI is InChI=1S/C25H27FN4/c1-17-4-2-5-18(12-17)23-16-29-15-20(25(23)30-10-8-22(27)9-11-30)14-24(28)19-6-3-7-21(26)13-19/h2-7,12-16,22H,8-11,27-28H2,1H3/b24-14-. The van der Waals surface area contributed by atoms with E-state index in [0.29, 0.717) is 11.3 Å². The zero-order chi connectivity index (χ0) is 21.1. The van der Waals surface area contributed by atoms with Gasteiger partial charge in [-0.05, 0) is 43.5 Å². The fraction of sp³-hybridized carbons (Fsp3) is 0.240. The summed E-state index contributed by atoms with van der Waals surface area (Å²) in [6.07, 6.45) is 7.52. The van der Waals surface area contributed by atoms with Gasteiger partial charge in [-0.25, -0.2) is 4.39 Å². The quantitative estimate of drug-likeness (QED) is 0.670. The number of pyridine rings is 1. The molecule has 1 fully saturated rings. The molecule has 1 saturated heterocycles. The lowest BCUT2D eigenvalue weighted by molar-refractivity contribution is 0.501. The van der Waals surface area contributed by atoms with E-state index in [9.17, 15) is 4.39 Å². The molecule has 0 saturated carbocycles. The van der Waals surface area contributed by atoms with Gasteiger partial charge in [0.15, 0.2) is 0 Å². The summed E-state index contributed by atoms with van der Waals surface area (Å²) in [6, 6.07) is 15.0. The molecule has 154 valence electrons. The first-order valence-corrected chi connectivity index (χ1v) is 10.3. The van der Waals surface area contributed by atoms with Gasteiger partial charge in [0, 0.05) is 53.9 Å². The van der Waals surface area contributed by atoms with Gasteiger partial charge in [-0.1, -0.05) is 42.0 Å². The lowest BCUT2D eigenvalue weighted by Gasteiger charge is -2.34. The van der Waals surface area contributed by atoms with E-state index in [1.54, 1.807) is 6.07 Å². The van der Waals surface area contributed by atoms with E-state index < -0.39 is 0 Å². The zero-order valence-electron chi connectivity index (χ0n) is 17.2. The van der Waals surface area contributed by atoms with Crippen LogP contribution in [0, 0.1) is 12.7 Å². The fourth-order valence-corrected chi connectivity index (χ4v) is 3.99. The SMILES string of the molecule is Cc1cccc(-c2cncc(/C=C(\N)c3cccc(F)c3)c2N2CCC(N)CC2)c1. The van der Waals surface area contributed by atoms with Gasteiger partial charge in [0.25, 0.3) is 0 Å². The highest BCUT2D eigenvalue weighted by atomic mass is 19.1. The highest BCUT2D eigenvalue weighted by Gasteiger charge is 2.22. The predicted molar refractivity (Wildman–Crippen MR) is 122 cm³/mol. The molecule has 4 N–H and O–H groups in total. The van der Waals surface area contributed by atoms with Gasteiger partial charge < -0.3 is 16.4 Å². The van der Waals surface area contributed by atoms with Crippen molar-refractivity contribution in [1.29, 1.82) is 0 Å². The zero-order valence-corrected chi connectivity index (χ0v) is 17.2. The highest BCUT2D eigenvalue weighted by Crippen LogP contribution is 2.36. The van der Waals surface area contributed by atoms with E-state index in [4.69, 9.17) is 11.5 Å². The van der Waals surface area contributed by atoms with Crippen molar-refractivity contribution in [2.24, 2.45) is 11.5 Å². The average Bonchev–Trinajstić information content (AvgIpc) is 2.74. The minimum atomic E-state index is -0.305. The molecular weight excluding hydrogens is 375 g/mol. The van der Waals surface area contributed by atoms with E-state index in [1.165, 1.54) is 17.7 Å². The van der Waals surface area contributed by atoms with Gasteiger partial charge in [0.1, 0.15) is 5.82 Å². The number of hydrogen-bond donors (Lipinski definition) is 2. The molecule has 3 aromatic rings. The number of rotatable bonds is 4. The molecule has 0 aliphatic carbocycles. The third-order valence-corrected chi connectivity index (χ3v) is 5.60. The fourth-order valence-electron chi connectivity index (χ4n) is 3.99. The number of aromatic nitrogens is 1. The smallest absolute Gasteiger partial charge is 0.123 e.